The number of rotatable bonds is 4. The van der Waals surface area contributed by atoms with Crippen molar-refractivity contribution in [3.63, 3.8) is 0 Å². The van der Waals surface area contributed by atoms with Crippen molar-refractivity contribution in [1.82, 2.24) is 16.2 Å². The van der Waals surface area contributed by atoms with Gasteiger partial charge in [-0.15, -0.1) is 0 Å². The summed E-state index contributed by atoms with van der Waals surface area (Å²) < 4.78 is 5.18. The molecule has 2 heterocycles. The Balaban J connectivity index is 1.57. The molecule has 0 aliphatic carbocycles. The minimum atomic E-state index is -0.291. The lowest BCUT2D eigenvalue weighted by Gasteiger charge is -2.11. The van der Waals surface area contributed by atoms with Crippen molar-refractivity contribution in [3.8, 4) is 0 Å². The zero-order chi connectivity index (χ0) is 14.7. The van der Waals surface area contributed by atoms with E-state index < -0.39 is 0 Å². The summed E-state index contributed by atoms with van der Waals surface area (Å²) in [5.74, 6) is 0.672. The number of amides is 1. The van der Waals surface area contributed by atoms with Crippen molar-refractivity contribution in [1.29, 1.82) is 0 Å². The van der Waals surface area contributed by atoms with Gasteiger partial charge in [-0.1, -0.05) is 29.8 Å². The molecule has 5 nitrogen and oxygen atoms in total. The molecule has 1 aliphatic heterocycles. The number of carbonyl (C=O) groups excluding carboxylic acids is 1. The average molecular weight is 306 g/mol. The molecule has 110 valence electrons. The lowest BCUT2D eigenvalue weighted by Crippen LogP contribution is -2.42. The Morgan fingerprint density at radius 2 is 2.14 bits per heavy atom. The molecular formula is C15H16ClN3O2. The molecule has 2 unspecified atom stereocenters. The van der Waals surface area contributed by atoms with Gasteiger partial charge in [0.25, 0.3) is 0 Å². The Bertz CT molecular complexity index is 615. The van der Waals surface area contributed by atoms with Crippen molar-refractivity contribution < 1.29 is 9.21 Å². The Labute approximate surface area is 127 Å². The van der Waals surface area contributed by atoms with Crippen LogP contribution in [0.1, 0.15) is 23.8 Å². The molecule has 0 radical (unpaired) electrons. The molecule has 2 atom stereocenters. The first-order valence-corrected chi connectivity index (χ1v) is 7.17. The van der Waals surface area contributed by atoms with Crippen LogP contribution in [0.15, 0.2) is 47.1 Å². The van der Waals surface area contributed by atoms with Crippen molar-refractivity contribution in [2.75, 3.05) is 0 Å². The predicted molar refractivity (Wildman–Crippen MR) is 79.4 cm³/mol. The summed E-state index contributed by atoms with van der Waals surface area (Å²) in [6, 6.07) is 11.0. The highest BCUT2D eigenvalue weighted by Crippen LogP contribution is 2.28. The normalized spacial score (nSPS) is 21.4. The van der Waals surface area contributed by atoms with Crippen LogP contribution in [-0.4, -0.2) is 11.9 Å². The average Bonchev–Trinajstić information content (AvgIpc) is 3.17. The van der Waals surface area contributed by atoms with E-state index >= 15 is 0 Å². The molecule has 0 spiro atoms. The fourth-order valence-electron chi connectivity index (χ4n) is 2.40. The minimum Gasteiger partial charge on any atom is -0.467 e. The zero-order valence-corrected chi connectivity index (χ0v) is 12.1. The number of benzene rings is 1. The molecule has 1 fully saturated rings. The smallest absolute Gasteiger partial charge is 0.238 e. The molecule has 1 amide bonds. The molecule has 3 N–H and O–H groups in total. The van der Waals surface area contributed by atoms with Crippen molar-refractivity contribution >= 4 is 17.5 Å². The van der Waals surface area contributed by atoms with Crippen LogP contribution in [0.3, 0.4) is 0 Å². The maximum absolute atomic E-state index is 12.1. The van der Waals surface area contributed by atoms with Crippen LogP contribution in [0.5, 0.6) is 0 Å². The van der Waals surface area contributed by atoms with Gasteiger partial charge >= 0.3 is 0 Å². The minimum absolute atomic E-state index is 0.0260. The van der Waals surface area contributed by atoms with Crippen LogP contribution < -0.4 is 16.2 Å². The van der Waals surface area contributed by atoms with E-state index in [1.54, 1.807) is 12.3 Å². The van der Waals surface area contributed by atoms with E-state index in [0.717, 1.165) is 11.3 Å². The largest absolute Gasteiger partial charge is 0.467 e. The summed E-state index contributed by atoms with van der Waals surface area (Å²) in [5.41, 5.74) is 7.12. The van der Waals surface area contributed by atoms with E-state index in [9.17, 15) is 4.79 Å². The Hall–Kier alpha value is -1.82. The van der Waals surface area contributed by atoms with E-state index in [1.165, 1.54) is 0 Å². The van der Waals surface area contributed by atoms with E-state index in [0.29, 0.717) is 18.0 Å². The summed E-state index contributed by atoms with van der Waals surface area (Å²) in [6.07, 6.45) is 2.23. The van der Waals surface area contributed by atoms with Gasteiger partial charge in [-0.3, -0.25) is 4.79 Å². The highest BCUT2D eigenvalue weighted by molar-refractivity contribution is 6.31. The van der Waals surface area contributed by atoms with E-state index in [1.807, 2.05) is 30.3 Å². The van der Waals surface area contributed by atoms with E-state index in [2.05, 4.69) is 16.2 Å². The third kappa shape index (κ3) is 3.26. The van der Waals surface area contributed by atoms with Crippen LogP contribution in [0.2, 0.25) is 5.02 Å². The van der Waals surface area contributed by atoms with Gasteiger partial charge in [-0.2, -0.15) is 0 Å². The first-order chi connectivity index (χ1) is 10.2. The molecule has 0 saturated carbocycles. The van der Waals surface area contributed by atoms with Gasteiger partial charge < -0.3 is 9.73 Å². The van der Waals surface area contributed by atoms with Gasteiger partial charge in [0, 0.05) is 11.1 Å². The van der Waals surface area contributed by atoms with Gasteiger partial charge in [-0.05, 0) is 30.2 Å². The van der Waals surface area contributed by atoms with Gasteiger partial charge in [-0.25, -0.2) is 10.9 Å². The fourth-order valence-corrected chi connectivity index (χ4v) is 2.67. The summed E-state index contributed by atoms with van der Waals surface area (Å²) in [7, 11) is 0. The summed E-state index contributed by atoms with van der Waals surface area (Å²) in [5, 5.41) is 3.55. The first kappa shape index (κ1) is 14.1. The fraction of sp³-hybridized carbons (Fsp3) is 0.267. The van der Waals surface area contributed by atoms with Crippen molar-refractivity contribution in [3.05, 3.63) is 59.0 Å². The second-order valence-electron chi connectivity index (χ2n) is 4.95. The van der Waals surface area contributed by atoms with Gasteiger partial charge in [0.05, 0.1) is 12.8 Å². The molecule has 0 bridgehead atoms. The zero-order valence-electron chi connectivity index (χ0n) is 11.3. The van der Waals surface area contributed by atoms with Gasteiger partial charge in [0.15, 0.2) is 0 Å². The highest BCUT2D eigenvalue weighted by atomic mass is 35.5. The lowest BCUT2D eigenvalue weighted by atomic mass is 10.0. The SMILES string of the molecule is O=C(NCc1ccco1)C1CC(c2ccccc2Cl)NN1. The monoisotopic (exact) mass is 305 g/mol. The summed E-state index contributed by atoms with van der Waals surface area (Å²) >= 11 is 6.18. The van der Waals surface area contributed by atoms with E-state index in [-0.39, 0.29) is 18.0 Å². The number of hydrogen-bond acceptors (Lipinski definition) is 4. The maximum Gasteiger partial charge on any atom is 0.238 e. The quantitative estimate of drug-likeness (QED) is 0.810. The second kappa shape index (κ2) is 6.30. The number of carbonyl (C=O) groups is 1. The Morgan fingerprint density at radius 1 is 1.29 bits per heavy atom. The van der Waals surface area contributed by atoms with Gasteiger partial charge in [0.1, 0.15) is 11.8 Å². The highest BCUT2D eigenvalue weighted by Gasteiger charge is 2.30. The number of hydrazine groups is 1. The first-order valence-electron chi connectivity index (χ1n) is 6.79. The predicted octanol–water partition coefficient (Wildman–Crippen LogP) is 2.16. The molecule has 1 aromatic heterocycles. The Kier molecular flexibility index (Phi) is 4.24. The molecule has 1 aliphatic rings. The standard InChI is InChI=1S/C15H16ClN3O2/c16-12-6-2-1-5-11(12)13-8-14(19-18-13)15(20)17-9-10-4-3-7-21-10/h1-7,13-14,18-19H,8-9H2,(H,17,20). The molecule has 21 heavy (non-hydrogen) atoms. The number of hydrogen-bond donors (Lipinski definition) is 3. The molecular weight excluding hydrogens is 290 g/mol. The molecule has 3 rings (SSSR count). The molecule has 2 aromatic rings. The topological polar surface area (TPSA) is 66.3 Å². The molecule has 1 aromatic carbocycles. The maximum atomic E-state index is 12.1. The van der Waals surface area contributed by atoms with Crippen LogP contribution >= 0.6 is 11.6 Å². The number of nitrogens with one attached hydrogen (secondary N) is 3. The second-order valence-corrected chi connectivity index (χ2v) is 5.36. The van der Waals surface area contributed by atoms with Crippen LogP contribution in [0.25, 0.3) is 0 Å². The van der Waals surface area contributed by atoms with Crippen LogP contribution in [0.4, 0.5) is 0 Å². The lowest BCUT2D eigenvalue weighted by molar-refractivity contribution is -0.123. The van der Waals surface area contributed by atoms with E-state index in [4.69, 9.17) is 16.0 Å². The number of halogens is 1. The third-order valence-electron chi connectivity index (χ3n) is 3.52. The molecule has 6 heteroatoms. The number of furan rings is 1. The van der Waals surface area contributed by atoms with Crippen molar-refractivity contribution in [2.24, 2.45) is 0 Å². The Morgan fingerprint density at radius 3 is 2.90 bits per heavy atom. The summed E-state index contributed by atoms with van der Waals surface area (Å²) in [6.45, 7) is 0.390. The third-order valence-corrected chi connectivity index (χ3v) is 3.86. The molecule has 1 saturated heterocycles. The summed E-state index contributed by atoms with van der Waals surface area (Å²) in [4.78, 5) is 12.1. The van der Waals surface area contributed by atoms with Crippen LogP contribution in [0, 0.1) is 0 Å². The van der Waals surface area contributed by atoms with Crippen LogP contribution in [-0.2, 0) is 11.3 Å². The van der Waals surface area contributed by atoms with Crippen molar-refractivity contribution in [2.45, 2.75) is 25.0 Å². The van der Waals surface area contributed by atoms with Gasteiger partial charge in [0.2, 0.25) is 5.91 Å².